The van der Waals surface area contributed by atoms with Crippen LogP contribution < -0.4 is 10.5 Å². The third-order valence-corrected chi connectivity index (χ3v) is 8.65. The van der Waals surface area contributed by atoms with Crippen molar-refractivity contribution in [2.45, 2.75) is 19.4 Å². The number of anilines is 1. The lowest BCUT2D eigenvalue weighted by Crippen LogP contribution is -2.50. The van der Waals surface area contributed by atoms with Gasteiger partial charge in [-0.3, -0.25) is 19.2 Å². The summed E-state index contributed by atoms with van der Waals surface area (Å²) in [7, 11) is 0. The number of nitrogens with zero attached hydrogens (tertiary/aromatic N) is 3. The molecule has 1 aliphatic rings. The Labute approximate surface area is 280 Å². The first kappa shape index (κ1) is 33.1. The van der Waals surface area contributed by atoms with Gasteiger partial charge in [0, 0.05) is 55.6 Å². The zero-order valence-electron chi connectivity index (χ0n) is 26.5. The molecule has 0 aliphatic carbocycles. The molecule has 2 heterocycles. The number of carbonyl (C=O) groups is 3. The van der Waals surface area contributed by atoms with E-state index in [-0.39, 0.29) is 42.7 Å². The van der Waals surface area contributed by atoms with Crippen LogP contribution in [0, 0.1) is 17.5 Å². The van der Waals surface area contributed by atoms with E-state index in [9.17, 15) is 32.3 Å². The summed E-state index contributed by atoms with van der Waals surface area (Å²) in [5.41, 5.74) is 1.97. The highest BCUT2D eigenvalue weighted by atomic mass is 19.1. The second kappa shape index (κ2) is 14.6. The van der Waals surface area contributed by atoms with Gasteiger partial charge in [0.25, 0.3) is 11.5 Å². The molecule has 0 saturated carbocycles. The number of halogens is 3. The van der Waals surface area contributed by atoms with Crippen molar-refractivity contribution in [3.8, 4) is 11.1 Å². The molecule has 4 aromatic carbocycles. The molecule has 6 rings (SSSR count). The Hall–Kier alpha value is -5.77. The SMILES string of the molecule is O=C(CC(=O)c1cc(Cc2c(F)cccc2F)cn(Cc2ccccc2F)c1=O)C(=O)N1CCN(c2ccc(-c3ccccc3)cc2)CC1. The van der Waals surface area contributed by atoms with Crippen molar-refractivity contribution in [1.29, 1.82) is 0 Å². The van der Waals surface area contributed by atoms with Gasteiger partial charge in [0.05, 0.1) is 18.5 Å². The monoisotopic (exact) mass is 663 g/mol. The third-order valence-electron chi connectivity index (χ3n) is 8.65. The predicted octanol–water partition coefficient (Wildman–Crippen LogP) is 6.06. The summed E-state index contributed by atoms with van der Waals surface area (Å²) in [6.07, 6.45) is 0.119. The second-order valence-electron chi connectivity index (χ2n) is 11.9. The Balaban J connectivity index is 1.15. The van der Waals surface area contributed by atoms with Crippen LogP contribution in [0.15, 0.2) is 114 Å². The van der Waals surface area contributed by atoms with Crippen molar-refractivity contribution >= 4 is 23.2 Å². The Morgan fingerprint density at radius 3 is 1.96 bits per heavy atom. The van der Waals surface area contributed by atoms with Crippen LogP contribution in [0.25, 0.3) is 11.1 Å². The molecule has 0 unspecified atom stereocenters. The van der Waals surface area contributed by atoms with Crippen molar-refractivity contribution in [2.24, 2.45) is 0 Å². The molecule has 0 bridgehead atoms. The van der Waals surface area contributed by atoms with Crippen LogP contribution in [0.4, 0.5) is 18.9 Å². The number of benzene rings is 4. The molecule has 1 aliphatic heterocycles. The zero-order valence-corrected chi connectivity index (χ0v) is 26.5. The molecule has 49 heavy (non-hydrogen) atoms. The van der Waals surface area contributed by atoms with Gasteiger partial charge < -0.3 is 14.4 Å². The highest BCUT2D eigenvalue weighted by molar-refractivity contribution is 6.40. The van der Waals surface area contributed by atoms with E-state index in [1.807, 2.05) is 54.6 Å². The van der Waals surface area contributed by atoms with Crippen LogP contribution in [-0.2, 0) is 22.6 Å². The Kier molecular flexibility index (Phi) is 9.84. The van der Waals surface area contributed by atoms with E-state index in [1.54, 1.807) is 6.07 Å². The number of aromatic nitrogens is 1. The molecule has 0 atom stereocenters. The maximum absolute atomic E-state index is 14.5. The van der Waals surface area contributed by atoms with Gasteiger partial charge in [-0.1, -0.05) is 66.7 Å². The standard InChI is InChI=1S/C39H32F3N3O4/c40-33-10-5-4-9-29(33)25-45-24-26(21-31-34(41)11-6-12-35(31)42)22-32(38(45)48)36(46)23-37(47)39(49)44-19-17-43(18-20-44)30-15-13-28(14-16-30)27-7-2-1-3-8-27/h1-16,22,24H,17-21,23,25H2. The molecule has 0 N–H and O–H groups in total. The molecule has 1 saturated heterocycles. The molecule has 1 fully saturated rings. The van der Waals surface area contributed by atoms with E-state index >= 15 is 0 Å². The van der Waals surface area contributed by atoms with E-state index in [2.05, 4.69) is 4.90 Å². The van der Waals surface area contributed by atoms with Crippen molar-refractivity contribution < 1.29 is 27.6 Å². The molecule has 5 aromatic rings. The lowest BCUT2D eigenvalue weighted by atomic mass is 10.0. The van der Waals surface area contributed by atoms with Gasteiger partial charge in [-0.2, -0.15) is 0 Å². The van der Waals surface area contributed by atoms with Crippen molar-refractivity contribution in [1.82, 2.24) is 9.47 Å². The number of hydrogen-bond donors (Lipinski definition) is 0. The van der Waals surface area contributed by atoms with Gasteiger partial charge in [0.2, 0.25) is 5.78 Å². The summed E-state index contributed by atoms with van der Waals surface area (Å²) >= 11 is 0. The topological polar surface area (TPSA) is 79.7 Å². The molecule has 1 amide bonds. The first-order valence-electron chi connectivity index (χ1n) is 15.8. The molecule has 7 nitrogen and oxygen atoms in total. The quantitative estimate of drug-likeness (QED) is 0.103. The minimum absolute atomic E-state index is 0.148. The predicted molar refractivity (Wildman–Crippen MR) is 180 cm³/mol. The van der Waals surface area contributed by atoms with E-state index in [0.717, 1.165) is 33.5 Å². The summed E-state index contributed by atoms with van der Waals surface area (Å²) in [5.74, 6) is -4.94. The highest BCUT2D eigenvalue weighted by Gasteiger charge is 2.29. The minimum atomic E-state index is -0.976. The van der Waals surface area contributed by atoms with E-state index in [1.165, 1.54) is 41.4 Å². The Morgan fingerprint density at radius 1 is 0.673 bits per heavy atom. The summed E-state index contributed by atoms with van der Waals surface area (Å²) in [5, 5.41) is 0. The maximum Gasteiger partial charge on any atom is 0.290 e. The van der Waals surface area contributed by atoms with Gasteiger partial charge in [-0.05, 0) is 53.1 Å². The average molecular weight is 664 g/mol. The van der Waals surface area contributed by atoms with Crippen LogP contribution in [0.5, 0.6) is 0 Å². The summed E-state index contributed by atoms with van der Waals surface area (Å²) in [4.78, 5) is 56.5. The van der Waals surface area contributed by atoms with Gasteiger partial charge in [-0.25, -0.2) is 13.2 Å². The number of carbonyl (C=O) groups excluding carboxylic acids is 3. The smallest absolute Gasteiger partial charge is 0.290 e. The fourth-order valence-corrected chi connectivity index (χ4v) is 5.98. The number of hydrogen-bond acceptors (Lipinski definition) is 5. The maximum atomic E-state index is 14.5. The van der Waals surface area contributed by atoms with E-state index in [4.69, 9.17) is 0 Å². The van der Waals surface area contributed by atoms with Crippen LogP contribution in [0.1, 0.15) is 33.5 Å². The summed E-state index contributed by atoms with van der Waals surface area (Å²) in [6, 6.07) is 28.4. The number of Topliss-reactive ketones (excluding diaryl/α,β-unsaturated/α-hetero) is 2. The molecular formula is C39H32F3N3O4. The van der Waals surface area contributed by atoms with Crippen LogP contribution in [0.2, 0.25) is 0 Å². The largest absolute Gasteiger partial charge is 0.368 e. The fourth-order valence-electron chi connectivity index (χ4n) is 5.98. The second-order valence-corrected chi connectivity index (χ2v) is 11.9. The van der Waals surface area contributed by atoms with Gasteiger partial charge in [0.15, 0.2) is 5.78 Å². The molecule has 0 spiro atoms. The van der Waals surface area contributed by atoms with Crippen molar-refractivity contribution in [2.75, 3.05) is 31.1 Å². The number of amides is 1. The summed E-state index contributed by atoms with van der Waals surface area (Å²) in [6.45, 7) is 1.21. The molecule has 0 radical (unpaired) electrons. The third kappa shape index (κ3) is 7.54. The lowest BCUT2D eigenvalue weighted by Gasteiger charge is -2.35. The van der Waals surface area contributed by atoms with Gasteiger partial charge in [-0.15, -0.1) is 0 Å². The van der Waals surface area contributed by atoms with Crippen LogP contribution in [0.3, 0.4) is 0 Å². The van der Waals surface area contributed by atoms with Crippen molar-refractivity contribution in [3.63, 3.8) is 0 Å². The van der Waals surface area contributed by atoms with E-state index < -0.39 is 52.5 Å². The number of ketones is 2. The number of piperazine rings is 1. The summed E-state index contributed by atoms with van der Waals surface area (Å²) < 4.78 is 44.6. The highest BCUT2D eigenvalue weighted by Crippen LogP contribution is 2.24. The normalized spacial score (nSPS) is 13.0. The Bertz CT molecular complexity index is 2050. The van der Waals surface area contributed by atoms with Gasteiger partial charge in [0.1, 0.15) is 17.5 Å². The molecule has 248 valence electrons. The number of rotatable bonds is 10. The van der Waals surface area contributed by atoms with Crippen LogP contribution >= 0.6 is 0 Å². The molecule has 1 aromatic heterocycles. The minimum Gasteiger partial charge on any atom is -0.368 e. The molecule has 10 heteroatoms. The first-order chi connectivity index (χ1) is 23.7. The zero-order chi connectivity index (χ0) is 34.5. The Morgan fingerprint density at radius 2 is 1.29 bits per heavy atom. The number of pyridine rings is 1. The fraction of sp³-hybridized carbons (Fsp3) is 0.179. The first-order valence-corrected chi connectivity index (χ1v) is 15.8. The lowest BCUT2D eigenvalue weighted by molar-refractivity contribution is -0.144. The average Bonchev–Trinajstić information content (AvgIpc) is 3.12. The van der Waals surface area contributed by atoms with Crippen molar-refractivity contribution in [3.05, 3.63) is 159 Å². The van der Waals surface area contributed by atoms with E-state index in [0.29, 0.717) is 13.1 Å². The van der Waals surface area contributed by atoms with Crippen LogP contribution in [-0.4, -0.2) is 53.1 Å². The van der Waals surface area contributed by atoms with Gasteiger partial charge >= 0.3 is 0 Å². The molecular weight excluding hydrogens is 631 g/mol.